The maximum Gasteiger partial charge on any atom is 0.122 e. The van der Waals surface area contributed by atoms with Crippen LogP contribution in [0, 0.1) is 6.07 Å². The van der Waals surface area contributed by atoms with Gasteiger partial charge in [0.1, 0.15) is 5.75 Å². The van der Waals surface area contributed by atoms with Gasteiger partial charge in [-0.05, 0) is 23.3 Å². The van der Waals surface area contributed by atoms with E-state index >= 15 is 0 Å². The van der Waals surface area contributed by atoms with Crippen molar-refractivity contribution in [1.82, 2.24) is 0 Å². The summed E-state index contributed by atoms with van der Waals surface area (Å²) in [5.74, 6) is 0.860. The van der Waals surface area contributed by atoms with Gasteiger partial charge in [0.15, 0.2) is 0 Å². The van der Waals surface area contributed by atoms with Crippen molar-refractivity contribution in [2.45, 2.75) is 6.42 Å². The highest BCUT2D eigenvalue weighted by molar-refractivity contribution is 6.34. The summed E-state index contributed by atoms with van der Waals surface area (Å²) in [5, 5.41) is 1.09. The number of para-hydroxylation sites is 1. The highest BCUT2D eigenvalue weighted by Gasteiger charge is 2.06. The summed E-state index contributed by atoms with van der Waals surface area (Å²) in [5.41, 5.74) is 2.08. The molecule has 0 N–H and O–H groups in total. The van der Waals surface area contributed by atoms with Gasteiger partial charge in [-0.25, -0.2) is 0 Å². The molecule has 0 unspecified atom stereocenters. The average Bonchev–Trinajstić information content (AvgIpc) is 2.33. The second-order valence-corrected chi connectivity index (χ2v) is 4.42. The van der Waals surface area contributed by atoms with Crippen molar-refractivity contribution in [3.8, 4) is 5.75 Å². The molecule has 0 bridgehead atoms. The smallest absolute Gasteiger partial charge is 0.122 e. The largest absolute Gasteiger partial charge is 0.496 e. The summed E-state index contributed by atoms with van der Waals surface area (Å²) < 4.78 is 5.30. The van der Waals surface area contributed by atoms with Crippen molar-refractivity contribution in [3.63, 3.8) is 0 Å². The summed E-state index contributed by atoms with van der Waals surface area (Å²) >= 11 is 11.9. The lowest BCUT2D eigenvalue weighted by Crippen LogP contribution is -1.94. The van der Waals surface area contributed by atoms with Gasteiger partial charge in [0.25, 0.3) is 0 Å². The van der Waals surface area contributed by atoms with E-state index in [0.29, 0.717) is 16.5 Å². The Kier molecular flexibility index (Phi) is 3.93. The van der Waals surface area contributed by atoms with Crippen molar-refractivity contribution >= 4 is 23.2 Å². The zero-order valence-corrected chi connectivity index (χ0v) is 10.8. The second kappa shape index (κ2) is 5.44. The average molecular weight is 266 g/mol. The van der Waals surface area contributed by atoms with Gasteiger partial charge < -0.3 is 4.74 Å². The summed E-state index contributed by atoms with van der Waals surface area (Å²) in [7, 11) is 1.66. The predicted octanol–water partition coefficient (Wildman–Crippen LogP) is 4.39. The molecule has 0 amide bonds. The molecule has 3 heteroatoms. The third kappa shape index (κ3) is 2.93. The molecule has 0 saturated heterocycles. The van der Waals surface area contributed by atoms with Gasteiger partial charge in [0, 0.05) is 12.5 Å². The molecule has 0 fully saturated rings. The van der Waals surface area contributed by atoms with Crippen molar-refractivity contribution in [2.24, 2.45) is 0 Å². The topological polar surface area (TPSA) is 9.23 Å². The predicted molar refractivity (Wildman–Crippen MR) is 71.1 cm³/mol. The molecule has 0 saturated carbocycles. The molecule has 0 aliphatic heterocycles. The first kappa shape index (κ1) is 12.3. The van der Waals surface area contributed by atoms with E-state index in [0.717, 1.165) is 16.9 Å². The molecule has 0 spiro atoms. The van der Waals surface area contributed by atoms with Crippen LogP contribution in [0.3, 0.4) is 0 Å². The van der Waals surface area contributed by atoms with Crippen molar-refractivity contribution < 1.29 is 4.74 Å². The minimum atomic E-state index is 0.527. The van der Waals surface area contributed by atoms with Gasteiger partial charge in [-0.2, -0.15) is 0 Å². The first-order chi connectivity index (χ1) is 8.20. The van der Waals surface area contributed by atoms with Crippen molar-refractivity contribution in [2.75, 3.05) is 7.11 Å². The summed E-state index contributed by atoms with van der Waals surface area (Å²) in [6, 6.07) is 14.5. The Morgan fingerprint density at radius 2 is 1.82 bits per heavy atom. The van der Waals surface area contributed by atoms with Crippen LogP contribution in [0.15, 0.2) is 36.4 Å². The molecule has 1 radical (unpaired) electrons. The normalized spacial score (nSPS) is 10.3. The lowest BCUT2D eigenvalue weighted by Gasteiger charge is -2.09. The monoisotopic (exact) mass is 265 g/mol. The first-order valence-electron chi connectivity index (χ1n) is 5.19. The molecule has 0 atom stereocenters. The van der Waals surface area contributed by atoms with Crippen LogP contribution >= 0.6 is 23.2 Å². The zero-order valence-electron chi connectivity index (χ0n) is 9.34. The fourth-order valence-corrected chi connectivity index (χ4v) is 2.10. The van der Waals surface area contributed by atoms with Crippen molar-refractivity contribution in [1.29, 1.82) is 0 Å². The van der Waals surface area contributed by atoms with Crippen LogP contribution in [0.2, 0.25) is 10.0 Å². The molecule has 0 aromatic heterocycles. The van der Waals surface area contributed by atoms with E-state index < -0.39 is 0 Å². The number of hydrogen-bond donors (Lipinski definition) is 0. The van der Waals surface area contributed by atoms with Crippen molar-refractivity contribution in [3.05, 3.63) is 63.6 Å². The molecular formula is C14H11Cl2O. The van der Waals surface area contributed by atoms with E-state index in [1.54, 1.807) is 13.2 Å². The molecule has 2 aromatic carbocycles. The van der Waals surface area contributed by atoms with Gasteiger partial charge in [0.05, 0.1) is 17.2 Å². The summed E-state index contributed by atoms with van der Waals surface area (Å²) in [6.07, 6.45) is 0.705. The van der Waals surface area contributed by atoms with Gasteiger partial charge in [-0.15, -0.1) is 0 Å². The number of benzene rings is 2. The first-order valence-corrected chi connectivity index (χ1v) is 5.94. The number of halogens is 2. The molecule has 0 aliphatic rings. The number of hydrogen-bond acceptors (Lipinski definition) is 1. The lowest BCUT2D eigenvalue weighted by atomic mass is 10.0. The molecule has 1 nitrogen and oxygen atoms in total. The van der Waals surface area contributed by atoms with E-state index in [1.807, 2.05) is 30.3 Å². The minimum Gasteiger partial charge on any atom is -0.496 e. The van der Waals surface area contributed by atoms with Gasteiger partial charge in [0.2, 0.25) is 0 Å². The van der Waals surface area contributed by atoms with E-state index in [-0.39, 0.29) is 0 Å². The molecule has 17 heavy (non-hydrogen) atoms. The Balaban J connectivity index is 2.31. The zero-order chi connectivity index (χ0) is 12.3. The molecule has 87 valence electrons. The molecule has 2 aromatic rings. The standard InChI is InChI=1S/C14H11Cl2O/c1-17-14-5-3-2-4-11(14)8-10-6-7-12(15)9-13(10)16/h2-7H,8H2,1H3. The number of rotatable bonds is 3. The highest BCUT2D eigenvalue weighted by Crippen LogP contribution is 2.26. The third-order valence-electron chi connectivity index (χ3n) is 2.52. The number of methoxy groups -OCH3 is 1. The third-order valence-corrected chi connectivity index (χ3v) is 3.07. The van der Waals surface area contributed by atoms with Crippen LogP contribution in [0.25, 0.3) is 0 Å². The Labute approximate surface area is 111 Å². The Hall–Kier alpha value is -1.18. The Morgan fingerprint density at radius 1 is 1.06 bits per heavy atom. The fourth-order valence-electron chi connectivity index (χ4n) is 1.66. The minimum absolute atomic E-state index is 0.527. The quantitative estimate of drug-likeness (QED) is 0.800. The maximum atomic E-state index is 6.09. The van der Waals surface area contributed by atoms with Crippen LogP contribution in [-0.2, 0) is 6.42 Å². The second-order valence-electron chi connectivity index (χ2n) is 3.63. The van der Waals surface area contributed by atoms with E-state index in [9.17, 15) is 0 Å². The van der Waals surface area contributed by atoms with Gasteiger partial charge in [-0.1, -0.05) is 47.5 Å². The highest BCUT2D eigenvalue weighted by atomic mass is 35.5. The van der Waals surface area contributed by atoms with Crippen LogP contribution in [-0.4, -0.2) is 7.11 Å². The van der Waals surface area contributed by atoms with E-state index in [1.165, 1.54) is 0 Å². The summed E-state index contributed by atoms with van der Waals surface area (Å²) in [6.45, 7) is 0. The van der Waals surface area contributed by atoms with Gasteiger partial charge in [-0.3, -0.25) is 0 Å². The lowest BCUT2D eigenvalue weighted by molar-refractivity contribution is 0.410. The van der Waals surface area contributed by atoms with Crippen LogP contribution < -0.4 is 4.74 Å². The Bertz CT molecular complexity index is 523. The SMILES string of the molecule is COc1ccccc1Cc1ccc(Cl)[c]c1Cl. The van der Waals surface area contributed by atoms with E-state index in [4.69, 9.17) is 27.9 Å². The molecular weight excluding hydrogens is 255 g/mol. The van der Waals surface area contributed by atoms with Crippen LogP contribution in [0.1, 0.15) is 11.1 Å². The molecule has 0 aliphatic carbocycles. The van der Waals surface area contributed by atoms with Crippen LogP contribution in [0.5, 0.6) is 5.75 Å². The molecule has 2 rings (SSSR count). The van der Waals surface area contributed by atoms with Gasteiger partial charge >= 0.3 is 0 Å². The Morgan fingerprint density at radius 3 is 2.53 bits per heavy atom. The number of ether oxygens (including phenoxy) is 1. The van der Waals surface area contributed by atoms with E-state index in [2.05, 4.69) is 6.07 Å². The molecule has 0 heterocycles. The maximum absolute atomic E-state index is 6.09. The van der Waals surface area contributed by atoms with Crippen LogP contribution in [0.4, 0.5) is 0 Å². The fraction of sp³-hybridized carbons (Fsp3) is 0.143. The summed E-state index contributed by atoms with van der Waals surface area (Å²) in [4.78, 5) is 0.